The minimum Gasteiger partial charge on any atom is -0.268 e. The normalized spacial score (nSPS) is 22.6. The van der Waals surface area contributed by atoms with Crippen LogP contribution >= 0.6 is 0 Å². The number of aliphatic imine (C=N–C) groups is 1. The van der Waals surface area contributed by atoms with Crippen LogP contribution in [0.25, 0.3) is 0 Å². The number of hydrogen-bond donors (Lipinski definition) is 1. The molecule has 0 amide bonds. The van der Waals surface area contributed by atoms with Crippen LogP contribution in [0, 0.1) is 0 Å². The van der Waals surface area contributed by atoms with Crippen molar-refractivity contribution in [2.45, 2.75) is 6.92 Å². The SMILES string of the molecule is CC1=NC=CS(=O)(=O)N1. The quantitative estimate of drug-likeness (QED) is 0.515. The second-order valence-electron chi connectivity index (χ2n) is 1.65. The molecule has 0 saturated carbocycles. The van der Waals surface area contributed by atoms with Crippen molar-refractivity contribution in [3.05, 3.63) is 11.6 Å². The highest BCUT2D eigenvalue weighted by atomic mass is 32.2. The lowest BCUT2D eigenvalue weighted by molar-refractivity contribution is 0.600. The molecule has 50 valence electrons. The summed E-state index contributed by atoms with van der Waals surface area (Å²) in [4.78, 5) is 3.67. The number of hydrogen-bond acceptors (Lipinski definition) is 3. The van der Waals surface area contributed by atoms with Crippen LogP contribution in [0.3, 0.4) is 0 Å². The van der Waals surface area contributed by atoms with Crippen molar-refractivity contribution in [3.63, 3.8) is 0 Å². The first-order valence-electron chi connectivity index (χ1n) is 2.34. The Morgan fingerprint density at radius 3 is 2.67 bits per heavy atom. The van der Waals surface area contributed by atoms with Crippen LogP contribution in [0.4, 0.5) is 0 Å². The van der Waals surface area contributed by atoms with E-state index in [1.54, 1.807) is 6.92 Å². The number of amidine groups is 1. The van der Waals surface area contributed by atoms with E-state index in [2.05, 4.69) is 9.71 Å². The van der Waals surface area contributed by atoms with E-state index in [0.29, 0.717) is 5.84 Å². The summed E-state index contributed by atoms with van der Waals surface area (Å²) in [7, 11) is -3.19. The van der Waals surface area contributed by atoms with Gasteiger partial charge in [0.2, 0.25) is 0 Å². The minimum absolute atomic E-state index is 0.400. The average Bonchev–Trinajstić information content (AvgIpc) is 1.60. The maximum absolute atomic E-state index is 10.6. The lowest BCUT2D eigenvalue weighted by Gasteiger charge is -2.04. The molecule has 4 nitrogen and oxygen atoms in total. The fraction of sp³-hybridized carbons (Fsp3) is 0.250. The first-order chi connectivity index (χ1) is 4.10. The fourth-order valence-electron chi connectivity index (χ4n) is 0.489. The van der Waals surface area contributed by atoms with Crippen molar-refractivity contribution in [3.8, 4) is 0 Å². The van der Waals surface area contributed by atoms with Gasteiger partial charge in [0.05, 0.1) is 5.41 Å². The molecule has 0 fully saturated rings. The summed E-state index contributed by atoms with van der Waals surface area (Å²) >= 11 is 0. The van der Waals surface area contributed by atoms with E-state index in [9.17, 15) is 8.42 Å². The molecule has 0 spiro atoms. The van der Waals surface area contributed by atoms with Crippen molar-refractivity contribution in [1.82, 2.24) is 4.72 Å². The van der Waals surface area contributed by atoms with Crippen LogP contribution in [0.2, 0.25) is 0 Å². The van der Waals surface area contributed by atoms with Gasteiger partial charge in [-0.25, -0.2) is 13.4 Å². The third kappa shape index (κ3) is 1.53. The second-order valence-corrected chi connectivity index (χ2v) is 3.21. The fourth-order valence-corrected chi connectivity index (χ4v) is 1.24. The summed E-state index contributed by atoms with van der Waals surface area (Å²) < 4.78 is 23.4. The van der Waals surface area contributed by atoms with E-state index in [1.165, 1.54) is 6.20 Å². The van der Waals surface area contributed by atoms with E-state index in [4.69, 9.17) is 0 Å². The van der Waals surface area contributed by atoms with Gasteiger partial charge in [-0.1, -0.05) is 0 Å². The van der Waals surface area contributed by atoms with Crippen molar-refractivity contribution >= 4 is 15.9 Å². The Kier molecular flexibility index (Phi) is 1.28. The molecular weight excluding hydrogens is 140 g/mol. The number of sulfonamides is 1. The van der Waals surface area contributed by atoms with Gasteiger partial charge < -0.3 is 0 Å². The number of rotatable bonds is 0. The van der Waals surface area contributed by atoms with Gasteiger partial charge in [0.15, 0.2) is 0 Å². The monoisotopic (exact) mass is 146 g/mol. The Morgan fingerprint density at radius 1 is 1.67 bits per heavy atom. The summed E-state index contributed by atoms with van der Waals surface area (Å²) in [6, 6.07) is 0. The summed E-state index contributed by atoms with van der Waals surface area (Å²) in [6.45, 7) is 1.58. The molecule has 0 saturated heterocycles. The largest absolute Gasteiger partial charge is 0.268 e. The average molecular weight is 146 g/mol. The summed E-state index contributed by atoms with van der Waals surface area (Å²) in [6.07, 6.45) is 1.25. The second kappa shape index (κ2) is 1.84. The third-order valence-corrected chi connectivity index (χ3v) is 1.86. The molecule has 9 heavy (non-hydrogen) atoms. The standard InChI is InChI=1S/C4H6N2O2S/c1-4-5-2-3-9(7,8)6-4/h2-3H,1H3,(H,5,6). The molecule has 0 bridgehead atoms. The van der Waals surface area contributed by atoms with Crippen molar-refractivity contribution in [1.29, 1.82) is 0 Å². The molecular formula is C4H6N2O2S. The van der Waals surface area contributed by atoms with Gasteiger partial charge in [-0.05, 0) is 6.92 Å². The summed E-state index contributed by atoms with van der Waals surface area (Å²) in [5.41, 5.74) is 0. The number of nitrogens with one attached hydrogen (secondary N) is 1. The lowest BCUT2D eigenvalue weighted by Crippen LogP contribution is -2.28. The molecule has 1 aliphatic heterocycles. The van der Waals surface area contributed by atoms with Crippen molar-refractivity contribution in [2.75, 3.05) is 0 Å². The van der Waals surface area contributed by atoms with Crippen LogP contribution in [0.5, 0.6) is 0 Å². The van der Waals surface area contributed by atoms with E-state index in [1.807, 2.05) is 0 Å². The van der Waals surface area contributed by atoms with Crippen LogP contribution in [0.1, 0.15) is 6.92 Å². The Hall–Kier alpha value is -0.840. The van der Waals surface area contributed by atoms with E-state index >= 15 is 0 Å². The highest BCUT2D eigenvalue weighted by Crippen LogP contribution is 1.94. The highest BCUT2D eigenvalue weighted by Gasteiger charge is 2.07. The molecule has 1 N–H and O–H groups in total. The van der Waals surface area contributed by atoms with Gasteiger partial charge >= 0.3 is 0 Å². The highest BCUT2D eigenvalue weighted by molar-refractivity contribution is 7.93. The van der Waals surface area contributed by atoms with Gasteiger partial charge in [0.1, 0.15) is 5.84 Å². The molecule has 5 heteroatoms. The zero-order valence-corrected chi connectivity index (χ0v) is 5.64. The Labute approximate surface area is 53.3 Å². The van der Waals surface area contributed by atoms with Gasteiger partial charge in [-0.3, -0.25) is 4.72 Å². The topological polar surface area (TPSA) is 58.5 Å². The molecule has 1 heterocycles. The van der Waals surface area contributed by atoms with E-state index in [0.717, 1.165) is 5.41 Å². The Balaban J connectivity index is 2.99. The summed E-state index contributed by atoms with van der Waals surface area (Å²) in [5.74, 6) is 0.400. The third-order valence-electron chi connectivity index (χ3n) is 0.798. The molecule has 0 aromatic carbocycles. The minimum atomic E-state index is -3.19. The zero-order chi connectivity index (χ0) is 6.91. The molecule has 0 aliphatic carbocycles. The Morgan fingerprint density at radius 2 is 2.33 bits per heavy atom. The smallest absolute Gasteiger partial charge is 0.257 e. The molecule has 0 aromatic rings. The maximum Gasteiger partial charge on any atom is 0.257 e. The first kappa shape index (κ1) is 6.28. The molecule has 0 unspecified atom stereocenters. The predicted molar refractivity (Wildman–Crippen MR) is 34.3 cm³/mol. The molecule has 1 aliphatic rings. The van der Waals surface area contributed by atoms with Gasteiger partial charge in [-0.2, -0.15) is 0 Å². The molecule has 0 radical (unpaired) electrons. The van der Waals surface area contributed by atoms with E-state index in [-0.39, 0.29) is 0 Å². The predicted octanol–water partition coefficient (Wildman–Crippen LogP) is -0.191. The van der Waals surface area contributed by atoms with Crippen LogP contribution in [0.15, 0.2) is 16.6 Å². The van der Waals surface area contributed by atoms with Crippen LogP contribution < -0.4 is 4.72 Å². The zero-order valence-electron chi connectivity index (χ0n) is 4.83. The molecule has 0 atom stereocenters. The van der Waals surface area contributed by atoms with Gasteiger partial charge in [0, 0.05) is 6.20 Å². The maximum atomic E-state index is 10.6. The van der Waals surface area contributed by atoms with Gasteiger partial charge in [-0.15, -0.1) is 0 Å². The lowest BCUT2D eigenvalue weighted by atomic mass is 10.7. The van der Waals surface area contributed by atoms with Crippen molar-refractivity contribution < 1.29 is 8.42 Å². The molecule has 0 aromatic heterocycles. The first-order valence-corrected chi connectivity index (χ1v) is 3.88. The van der Waals surface area contributed by atoms with Gasteiger partial charge in [0.25, 0.3) is 10.0 Å². The number of nitrogens with zero attached hydrogens (tertiary/aromatic N) is 1. The van der Waals surface area contributed by atoms with Crippen LogP contribution in [-0.2, 0) is 10.0 Å². The van der Waals surface area contributed by atoms with Crippen molar-refractivity contribution in [2.24, 2.45) is 4.99 Å². The van der Waals surface area contributed by atoms with E-state index < -0.39 is 10.0 Å². The Bertz CT molecular complexity index is 262. The molecule has 1 rings (SSSR count). The van der Waals surface area contributed by atoms with Crippen LogP contribution in [-0.4, -0.2) is 14.3 Å². The summed E-state index contributed by atoms with van der Waals surface area (Å²) in [5, 5.41) is 1.01.